The summed E-state index contributed by atoms with van der Waals surface area (Å²) in [5.74, 6) is 1.36. The van der Waals surface area contributed by atoms with Gasteiger partial charge in [0, 0.05) is 6.54 Å². The number of para-hydroxylation sites is 1. The largest absolute Gasteiger partial charge is 0.522 e. The van der Waals surface area contributed by atoms with Crippen LogP contribution < -0.4 is 9.47 Å². The average molecular weight is 397 g/mol. The minimum atomic E-state index is -4.70. The Morgan fingerprint density at radius 1 is 1.00 bits per heavy atom. The molecule has 0 radical (unpaired) electrons. The molecule has 4 nitrogen and oxygen atoms in total. The van der Waals surface area contributed by atoms with Crippen LogP contribution in [-0.2, 0) is 17.6 Å². The monoisotopic (exact) mass is 397 g/mol. The normalized spacial score (nSPS) is 12.8. The fourth-order valence-electron chi connectivity index (χ4n) is 2.86. The fourth-order valence-corrected chi connectivity index (χ4v) is 2.86. The van der Waals surface area contributed by atoms with Crippen molar-refractivity contribution in [2.75, 3.05) is 34.4 Å². The number of methoxy groups -OCH3 is 1. The summed E-state index contributed by atoms with van der Waals surface area (Å²) in [6, 6.07) is 15.2. The number of halogens is 3. The zero-order valence-corrected chi connectivity index (χ0v) is 16.3. The lowest BCUT2D eigenvalue weighted by Crippen LogP contribution is -2.37. The van der Waals surface area contributed by atoms with Gasteiger partial charge in [-0.2, -0.15) is 0 Å². The molecule has 0 saturated heterocycles. The van der Waals surface area contributed by atoms with E-state index in [1.54, 1.807) is 38.2 Å². The Morgan fingerprint density at radius 3 is 2.43 bits per heavy atom. The Hall–Kier alpha value is -2.25. The molecular formula is C21H26F3NO3. The predicted octanol–water partition coefficient (Wildman–Crippen LogP) is 4.33. The highest BCUT2D eigenvalue weighted by Crippen LogP contribution is 2.23. The maximum atomic E-state index is 12.6. The summed E-state index contributed by atoms with van der Waals surface area (Å²) >= 11 is 0. The van der Waals surface area contributed by atoms with Crippen LogP contribution >= 0.6 is 0 Å². The van der Waals surface area contributed by atoms with E-state index in [4.69, 9.17) is 9.47 Å². The summed E-state index contributed by atoms with van der Waals surface area (Å²) in [7, 11) is 5.00. The van der Waals surface area contributed by atoms with Gasteiger partial charge < -0.3 is 14.4 Å². The second-order valence-electron chi connectivity index (χ2n) is 6.72. The molecule has 28 heavy (non-hydrogen) atoms. The topological polar surface area (TPSA) is 30.9 Å². The summed E-state index contributed by atoms with van der Waals surface area (Å²) in [5, 5.41) is 0. The molecule has 0 bridgehead atoms. The molecule has 7 heteroatoms. The molecular weight excluding hydrogens is 371 g/mol. The maximum Gasteiger partial charge on any atom is 0.522 e. The second-order valence-corrected chi connectivity index (χ2v) is 6.72. The summed E-state index contributed by atoms with van der Waals surface area (Å²) in [4.78, 5) is 1.63. The molecule has 0 heterocycles. The third-order valence-corrected chi connectivity index (χ3v) is 4.08. The highest BCUT2D eigenvalue weighted by atomic mass is 19.4. The number of rotatable bonds is 10. The maximum absolute atomic E-state index is 12.6. The lowest BCUT2D eigenvalue weighted by atomic mass is 10.0. The number of ether oxygens (including phenoxy) is 3. The number of aryl methyl sites for hydroxylation is 2. The Morgan fingerprint density at radius 2 is 1.75 bits per heavy atom. The number of likely N-dealkylation sites (N-methyl/N-ethyl adjacent to an activating group) is 1. The number of benzene rings is 2. The van der Waals surface area contributed by atoms with Gasteiger partial charge in [0.2, 0.25) is 0 Å². The average Bonchev–Trinajstić information content (AvgIpc) is 2.63. The van der Waals surface area contributed by atoms with Gasteiger partial charge in [-0.3, -0.25) is 4.74 Å². The molecule has 0 aliphatic carbocycles. The minimum Gasteiger partial charge on any atom is -0.497 e. The van der Waals surface area contributed by atoms with Crippen LogP contribution in [0, 0.1) is 0 Å². The first-order valence-corrected chi connectivity index (χ1v) is 8.99. The van der Waals surface area contributed by atoms with Gasteiger partial charge in [-0.1, -0.05) is 30.3 Å². The van der Waals surface area contributed by atoms with Crippen molar-refractivity contribution < 1.29 is 27.4 Å². The van der Waals surface area contributed by atoms with Crippen LogP contribution in [0.2, 0.25) is 0 Å². The summed E-state index contributed by atoms with van der Waals surface area (Å²) in [5.41, 5.74) is 2.04. The van der Waals surface area contributed by atoms with E-state index in [1.165, 1.54) is 0 Å². The van der Waals surface area contributed by atoms with Crippen molar-refractivity contribution in [2.24, 2.45) is 0 Å². The van der Waals surface area contributed by atoms with Gasteiger partial charge in [-0.05, 0) is 56.3 Å². The van der Waals surface area contributed by atoms with E-state index < -0.39 is 12.5 Å². The van der Waals surface area contributed by atoms with E-state index in [0.717, 1.165) is 23.3 Å². The zero-order valence-electron chi connectivity index (χ0n) is 16.3. The van der Waals surface area contributed by atoms with Crippen LogP contribution in [-0.4, -0.2) is 51.7 Å². The first kappa shape index (κ1) is 22.0. The quantitative estimate of drug-likeness (QED) is 0.597. The van der Waals surface area contributed by atoms with Crippen molar-refractivity contribution in [3.05, 3.63) is 59.7 Å². The first-order chi connectivity index (χ1) is 13.3. The van der Waals surface area contributed by atoms with Crippen molar-refractivity contribution in [2.45, 2.75) is 25.3 Å². The summed E-state index contributed by atoms with van der Waals surface area (Å²) < 4.78 is 53.0. The van der Waals surface area contributed by atoms with Gasteiger partial charge in [0.25, 0.3) is 0 Å². The molecule has 2 rings (SSSR count). The number of nitrogens with zero attached hydrogens (tertiary/aromatic N) is 1. The molecule has 0 aromatic heterocycles. The summed E-state index contributed by atoms with van der Waals surface area (Å²) in [6.07, 6.45) is -4.35. The lowest BCUT2D eigenvalue weighted by Gasteiger charge is -2.23. The number of alkyl halides is 3. The molecule has 2 aromatic carbocycles. The van der Waals surface area contributed by atoms with Gasteiger partial charge in [0.05, 0.1) is 7.11 Å². The van der Waals surface area contributed by atoms with Crippen LogP contribution in [0.25, 0.3) is 0 Å². The Bertz CT molecular complexity index is 735. The first-order valence-electron chi connectivity index (χ1n) is 8.99. The summed E-state index contributed by atoms with van der Waals surface area (Å²) in [6.45, 7) is -0.0840. The van der Waals surface area contributed by atoms with E-state index >= 15 is 0 Å². The van der Waals surface area contributed by atoms with Gasteiger partial charge in [0.1, 0.15) is 24.2 Å². The highest BCUT2D eigenvalue weighted by Gasteiger charge is 2.34. The smallest absolute Gasteiger partial charge is 0.497 e. The fraction of sp³-hybridized carbons (Fsp3) is 0.429. The van der Waals surface area contributed by atoms with Crippen molar-refractivity contribution in [3.63, 3.8) is 0 Å². The molecule has 0 spiro atoms. The van der Waals surface area contributed by atoms with Gasteiger partial charge >= 0.3 is 6.36 Å². The lowest BCUT2D eigenvalue weighted by molar-refractivity contribution is -0.345. The molecule has 0 unspecified atom stereocenters. The van der Waals surface area contributed by atoms with E-state index in [9.17, 15) is 13.2 Å². The molecule has 0 saturated carbocycles. The van der Waals surface area contributed by atoms with Gasteiger partial charge in [0.15, 0.2) is 0 Å². The van der Waals surface area contributed by atoms with E-state index in [-0.39, 0.29) is 13.2 Å². The Kier molecular flexibility index (Phi) is 8.14. The molecule has 2 aromatic rings. The Balaban J connectivity index is 2.01. The standard InChI is InChI=1S/C21H26F3NO3/c1-25(2)14-19(28-21(22,23)24)15-27-20-10-5-4-8-17(20)12-11-16-7-6-9-18(13-16)26-3/h4-10,13,19H,11-12,14-15H2,1-3H3/t19-/m1/s1. The van der Waals surface area contributed by atoms with E-state index in [0.29, 0.717) is 12.2 Å². The molecule has 0 N–H and O–H groups in total. The number of hydrogen-bond donors (Lipinski definition) is 0. The predicted molar refractivity (Wildman–Crippen MR) is 102 cm³/mol. The second kappa shape index (κ2) is 10.3. The van der Waals surface area contributed by atoms with E-state index in [1.807, 2.05) is 36.4 Å². The van der Waals surface area contributed by atoms with Crippen molar-refractivity contribution in [1.82, 2.24) is 4.90 Å². The Labute approximate surface area is 163 Å². The van der Waals surface area contributed by atoms with Crippen LogP contribution in [0.1, 0.15) is 11.1 Å². The van der Waals surface area contributed by atoms with Gasteiger partial charge in [-0.25, -0.2) is 0 Å². The molecule has 0 fully saturated rings. The molecule has 0 amide bonds. The van der Waals surface area contributed by atoms with Crippen LogP contribution in [0.5, 0.6) is 11.5 Å². The molecule has 1 atom stereocenters. The van der Waals surface area contributed by atoms with Crippen molar-refractivity contribution in [3.8, 4) is 11.5 Å². The van der Waals surface area contributed by atoms with Crippen molar-refractivity contribution >= 4 is 0 Å². The van der Waals surface area contributed by atoms with Crippen molar-refractivity contribution in [1.29, 1.82) is 0 Å². The number of hydrogen-bond acceptors (Lipinski definition) is 4. The van der Waals surface area contributed by atoms with Gasteiger partial charge in [-0.15, -0.1) is 13.2 Å². The van der Waals surface area contributed by atoms with Crippen LogP contribution in [0.15, 0.2) is 48.5 Å². The van der Waals surface area contributed by atoms with Crippen LogP contribution in [0.4, 0.5) is 13.2 Å². The third kappa shape index (κ3) is 7.78. The van der Waals surface area contributed by atoms with E-state index in [2.05, 4.69) is 4.74 Å². The third-order valence-electron chi connectivity index (χ3n) is 4.08. The minimum absolute atomic E-state index is 0.103. The molecule has 0 aliphatic rings. The zero-order chi connectivity index (χ0) is 20.6. The molecule has 0 aliphatic heterocycles. The van der Waals surface area contributed by atoms with Crippen LogP contribution in [0.3, 0.4) is 0 Å². The highest BCUT2D eigenvalue weighted by molar-refractivity contribution is 5.35. The molecule has 154 valence electrons. The SMILES string of the molecule is COc1cccc(CCc2ccccc2OC[C@@H](CN(C)C)OC(F)(F)F)c1.